The van der Waals surface area contributed by atoms with Gasteiger partial charge in [0.1, 0.15) is 5.88 Å². The second-order valence-corrected chi connectivity index (χ2v) is 4.35. The molecular weight excluding hydrogens is 248 g/mol. The Morgan fingerprint density at radius 1 is 1.11 bits per heavy atom. The molecule has 0 saturated heterocycles. The van der Waals surface area contributed by atoms with Gasteiger partial charge >= 0.3 is 0 Å². The van der Waals surface area contributed by atoms with Gasteiger partial charge in [0, 0.05) is 16.3 Å². The second-order valence-electron chi connectivity index (χ2n) is 4.08. The Kier molecular flexibility index (Phi) is 2.68. The molecule has 3 rings (SSSR count). The number of para-hydroxylation sites is 2. The van der Waals surface area contributed by atoms with Crippen molar-refractivity contribution in [3.63, 3.8) is 0 Å². The van der Waals surface area contributed by atoms with Gasteiger partial charge in [-0.2, -0.15) is 0 Å². The molecule has 0 unspecified atom stereocenters. The highest BCUT2D eigenvalue weighted by molar-refractivity contribution is 6.29. The zero-order chi connectivity index (χ0) is 12.5. The fraction of sp³-hybridized carbons (Fsp3) is 0.0714. The lowest BCUT2D eigenvalue weighted by Crippen LogP contribution is -2.12. The molecule has 1 heterocycles. The highest BCUT2D eigenvalue weighted by atomic mass is 35.5. The standard InChI is InChI=1S/C14H11ClN2O/c15-8-13(18)16-12-7-3-5-10-9-4-1-2-6-11(9)17-14(10)12/h1-7,17H,8H2,(H,16,18). The number of amides is 1. The van der Waals surface area contributed by atoms with Crippen molar-refractivity contribution in [1.29, 1.82) is 0 Å². The zero-order valence-electron chi connectivity index (χ0n) is 9.53. The summed E-state index contributed by atoms with van der Waals surface area (Å²) in [5.74, 6) is -0.251. The van der Waals surface area contributed by atoms with Crippen molar-refractivity contribution in [3.05, 3.63) is 42.5 Å². The number of rotatable bonds is 2. The van der Waals surface area contributed by atoms with Crippen molar-refractivity contribution in [3.8, 4) is 0 Å². The predicted octanol–water partition coefficient (Wildman–Crippen LogP) is 3.50. The Morgan fingerprint density at radius 3 is 2.72 bits per heavy atom. The van der Waals surface area contributed by atoms with E-state index in [-0.39, 0.29) is 11.8 Å². The highest BCUT2D eigenvalue weighted by Crippen LogP contribution is 2.29. The van der Waals surface area contributed by atoms with E-state index in [2.05, 4.69) is 16.4 Å². The van der Waals surface area contributed by atoms with E-state index in [1.54, 1.807) is 0 Å². The lowest BCUT2D eigenvalue weighted by molar-refractivity contribution is -0.113. The summed E-state index contributed by atoms with van der Waals surface area (Å²) in [6.07, 6.45) is 0. The number of alkyl halides is 1. The molecule has 18 heavy (non-hydrogen) atoms. The SMILES string of the molecule is O=C(CCl)Nc1cccc2c1[nH]c1ccccc12. The molecule has 0 radical (unpaired) electrons. The van der Waals surface area contributed by atoms with E-state index < -0.39 is 0 Å². The van der Waals surface area contributed by atoms with Gasteiger partial charge < -0.3 is 10.3 Å². The fourth-order valence-corrected chi connectivity index (χ4v) is 2.23. The molecule has 4 heteroatoms. The molecule has 0 bridgehead atoms. The number of anilines is 1. The molecule has 90 valence electrons. The lowest BCUT2D eigenvalue weighted by Gasteiger charge is -2.04. The first kappa shape index (κ1) is 11.1. The maximum atomic E-state index is 11.4. The third-order valence-corrected chi connectivity index (χ3v) is 3.18. The third-order valence-electron chi connectivity index (χ3n) is 2.94. The van der Waals surface area contributed by atoms with Gasteiger partial charge in [-0.3, -0.25) is 4.79 Å². The van der Waals surface area contributed by atoms with Crippen molar-refractivity contribution in [1.82, 2.24) is 4.98 Å². The number of fused-ring (bicyclic) bond motifs is 3. The summed E-state index contributed by atoms with van der Waals surface area (Å²) in [4.78, 5) is 14.7. The molecule has 0 saturated carbocycles. The topological polar surface area (TPSA) is 44.9 Å². The van der Waals surface area contributed by atoms with Gasteiger partial charge in [-0.1, -0.05) is 30.3 Å². The van der Waals surface area contributed by atoms with E-state index in [0.717, 1.165) is 27.5 Å². The van der Waals surface area contributed by atoms with Crippen molar-refractivity contribution in [2.24, 2.45) is 0 Å². The smallest absolute Gasteiger partial charge is 0.239 e. The number of hydrogen-bond acceptors (Lipinski definition) is 1. The Morgan fingerprint density at radius 2 is 1.89 bits per heavy atom. The van der Waals surface area contributed by atoms with E-state index in [9.17, 15) is 4.79 Å². The van der Waals surface area contributed by atoms with Crippen LogP contribution in [0.1, 0.15) is 0 Å². The van der Waals surface area contributed by atoms with E-state index in [1.165, 1.54) is 0 Å². The van der Waals surface area contributed by atoms with Gasteiger partial charge in [0.2, 0.25) is 5.91 Å². The number of aromatic amines is 1. The molecule has 0 spiro atoms. The van der Waals surface area contributed by atoms with Crippen molar-refractivity contribution >= 4 is 45.0 Å². The first-order chi connectivity index (χ1) is 8.79. The molecule has 3 aromatic rings. The molecule has 1 amide bonds. The first-order valence-electron chi connectivity index (χ1n) is 5.65. The van der Waals surface area contributed by atoms with E-state index in [0.29, 0.717) is 0 Å². The molecular formula is C14H11ClN2O. The summed E-state index contributed by atoms with van der Waals surface area (Å²) >= 11 is 5.51. The molecule has 3 nitrogen and oxygen atoms in total. The number of carbonyl (C=O) groups is 1. The maximum Gasteiger partial charge on any atom is 0.239 e. The molecule has 0 fully saturated rings. The van der Waals surface area contributed by atoms with Gasteiger partial charge in [-0.05, 0) is 12.1 Å². The summed E-state index contributed by atoms with van der Waals surface area (Å²) in [6, 6.07) is 13.9. The number of nitrogens with one attached hydrogen (secondary N) is 2. The molecule has 1 aromatic heterocycles. The fourth-order valence-electron chi connectivity index (χ4n) is 2.16. The van der Waals surface area contributed by atoms with Crippen LogP contribution in [0, 0.1) is 0 Å². The van der Waals surface area contributed by atoms with Gasteiger partial charge in [0.25, 0.3) is 0 Å². The molecule has 2 N–H and O–H groups in total. The van der Waals surface area contributed by atoms with Crippen LogP contribution >= 0.6 is 11.6 Å². The van der Waals surface area contributed by atoms with Gasteiger partial charge in [-0.25, -0.2) is 0 Å². The summed E-state index contributed by atoms with van der Waals surface area (Å²) in [5.41, 5.74) is 2.74. The number of hydrogen-bond donors (Lipinski definition) is 2. The Bertz CT molecular complexity index is 733. The van der Waals surface area contributed by atoms with Gasteiger partial charge in [0.05, 0.1) is 11.2 Å². The number of halogens is 1. The molecule has 0 atom stereocenters. The minimum Gasteiger partial charge on any atom is -0.353 e. The quantitative estimate of drug-likeness (QED) is 0.679. The van der Waals surface area contributed by atoms with Gasteiger partial charge in [-0.15, -0.1) is 11.6 Å². The Labute approximate surface area is 109 Å². The van der Waals surface area contributed by atoms with Crippen LogP contribution < -0.4 is 5.32 Å². The van der Waals surface area contributed by atoms with Crippen LogP contribution in [0.5, 0.6) is 0 Å². The average Bonchev–Trinajstić information content (AvgIpc) is 2.78. The zero-order valence-corrected chi connectivity index (χ0v) is 10.3. The van der Waals surface area contributed by atoms with Crippen molar-refractivity contribution < 1.29 is 4.79 Å². The maximum absolute atomic E-state index is 11.4. The largest absolute Gasteiger partial charge is 0.353 e. The minimum atomic E-state index is -0.206. The monoisotopic (exact) mass is 258 g/mol. The van der Waals surface area contributed by atoms with E-state index in [4.69, 9.17) is 11.6 Å². The van der Waals surface area contributed by atoms with Crippen LogP contribution in [-0.4, -0.2) is 16.8 Å². The van der Waals surface area contributed by atoms with Crippen LogP contribution in [0.25, 0.3) is 21.8 Å². The van der Waals surface area contributed by atoms with Crippen LogP contribution in [0.3, 0.4) is 0 Å². The van der Waals surface area contributed by atoms with Gasteiger partial charge in [0.15, 0.2) is 0 Å². The summed E-state index contributed by atoms with van der Waals surface area (Å²) < 4.78 is 0. The lowest BCUT2D eigenvalue weighted by atomic mass is 10.1. The van der Waals surface area contributed by atoms with Crippen LogP contribution in [0.2, 0.25) is 0 Å². The molecule has 0 aliphatic carbocycles. The third kappa shape index (κ3) is 1.73. The number of carbonyl (C=O) groups excluding carboxylic acids is 1. The molecule has 0 aliphatic rings. The second kappa shape index (κ2) is 4.35. The summed E-state index contributed by atoms with van der Waals surface area (Å²) in [6.45, 7) is 0. The number of H-pyrrole nitrogens is 1. The summed E-state index contributed by atoms with van der Waals surface area (Å²) in [5, 5.41) is 5.04. The normalized spacial score (nSPS) is 10.9. The number of aromatic nitrogens is 1. The van der Waals surface area contributed by atoms with Crippen LogP contribution in [0.4, 0.5) is 5.69 Å². The summed E-state index contributed by atoms with van der Waals surface area (Å²) in [7, 11) is 0. The van der Waals surface area contributed by atoms with Crippen LogP contribution in [-0.2, 0) is 4.79 Å². The van der Waals surface area contributed by atoms with Crippen molar-refractivity contribution in [2.45, 2.75) is 0 Å². The molecule has 0 aliphatic heterocycles. The molecule has 2 aromatic carbocycles. The Hall–Kier alpha value is -2.00. The van der Waals surface area contributed by atoms with E-state index >= 15 is 0 Å². The highest BCUT2D eigenvalue weighted by Gasteiger charge is 2.09. The van der Waals surface area contributed by atoms with E-state index in [1.807, 2.05) is 36.4 Å². The van der Waals surface area contributed by atoms with Crippen molar-refractivity contribution in [2.75, 3.05) is 11.2 Å². The Balaban J connectivity index is 2.24. The first-order valence-corrected chi connectivity index (χ1v) is 6.18. The minimum absolute atomic E-state index is 0.0450. The predicted molar refractivity (Wildman–Crippen MR) is 75.2 cm³/mol. The van der Waals surface area contributed by atoms with Crippen LogP contribution in [0.15, 0.2) is 42.5 Å². The average molecular weight is 259 g/mol. The number of benzene rings is 2.